The average molecular weight is 473 g/mol. The first-order chi connectivity index (χ1) is 15.9. The van der Waals surface area contributed by atoms with E-state index in [2.05, 4.69) is 4.90 Å². The molecule has 2 aliphatic heterocycles. The van der Waals surface area contributed by atoms with E-state index in [0.717, 1.165) is 13.1 Å². The summed E-state index contributed by atoms with van der Waals surface area (Å²) in [5.41, 5.74) is 0.598. The van der Waals surface area contributed by atoms with E-state index in [0.29, 0.717) is 42.6 Å². The van der Waals surface area contributed by atoms with Crippen LogP contribution in [0.2, 0.25) is 5.02 Å². The summed E-state index contributed by atoms with van der Waals surface area (Å²) in [6.07, 6.45) is 0. The number of carbonyl (C=O) groups excluding carboxylic acids is 2. The van der Waals surface area contributed by atoms with Gasteiger partial charge in [0.1, 0.15) is 17.3 Å². The molecule has 33 heavy (non-hydrogen) atoms. The second-order valence-electron chi connectivity index (χ2n) is 7.88. The number of nitrogens with zero attached hydrogens (tertiary/aromatic N) is 2. The van der Waals surface area contributed by atoms with E-state index in [4.69, 9.17) is 21.1 Å². The molecule has 0 saturated carbocycles. The number of aliphatic hydroxyl groups excluding tert-OH is 1. The fourth-order valence-electron chi connectivity index (χ4n) is 4.16. The molecule has 2 N–H and O–H groups in total. The Morgan fingerprint density at radius 3 is 2.45 bits per heavy atom. The van der Waals surface area contributed by atoms with Gasteiger partial charge in [0.2, 0.25) is 0 Å². The number of methoxy groups -OCH3 is 1. The number of carbonyl (C=O) groups is 2. The summed E-state index contributed by atoms with van der Waals surface area (Å²) in [4.78, 5) is 29.8. The van der Waals surface area contributed by atoms with Crippen LogP contribution in [0.25, 0.3) is 5.76 Å². The van der Waals surface area contributed by atoms with Gasteiger partial charge in [0.15, 0.2) is 0 Å². The zero-order valence-corrected chi connectivity index (χ0v) is 18.9. The van der Waals surface area contributed by atoms with E-state index in [1.165, 1.54) is 24.1 Å². The quantitative estimate of drug-likeness (QED) is 0.379. The lowest BCUT2D eigenvalue weighted by Crippen LogP contribution is -2.42. The van der Waals surface area contributed by atoms with E-state index >= 15 is 0 Å². The molecule has 0 aliphatic carbocycles. The molecule has 0 radical (unpaired) electrons. The number of rotatable bonds is 6. The number of ether oxygens (including phenoxy) is 2. The molecule has 1 atom stereocenters. The molecule has 2 aliphatic rings. The molecule has 0 bridgehead atoms. The Balaban J connectivity index is 1.75. The molecule has 9 heteroatoms. The third-order valence-corrected chi connectivity index (χ3v) is 6.20. The molecule has 0 spiro atoms. The number of aliphatic hydroxyl groups is 1. The van der Waals surface area contributed by atoms with Gasteiger partial charge in [-0.3, -0.25) is 14.5 Å². The zero-order valence-electron chi connectivity index (χ0n) is 18.2. The number of aromatic hydroxyl groups is 1. The summed E-state index contributed by atoms with van der Waals surface area (Å²) in [5.74, 6) is -1.81. The first-order valence-corrected chi connectivity index (χ1v) is 11.0. The summed E-state index contributed by atoms with van der Waals surface area (Å²) in [7, 11) is 1.45. The Kier molecular flexibility index (Phi) is 6.88. The zero-order chi connectivity index (χ0) is 23.5. The van der Waals surface area contributed by atoms with Crippen molar-refractivity contribution in [1.29, 1.82) is 0 Å². The van der Waals surface area contributed by atoms with Crippen LogP contribution in [0.15, 0.2) is 48.0 Å². The van der Waals surface area contributed by atoms with Crippen molar-refractivity contribution in [2.75, 3.05) is 46.5 Å². The number of morpholine rings is 1. The molecular formula is C24H25ClN2O6. The van der Waals surface area contributed by atoms with Crippen LogP contribution in [0.5, 0.6) is 11.5 Å². The van der Waals surface area contributed by atoms with Gasteiger partial charge < -0.3 is 24.6 Å². The predicted octanol–water partition coefficient (Wildman–Crippen LogP) is 2.81. The van der Waals surface area contributed by atoms with Crippen molar-refractivity contribution in [2.45, 2.75) is 6.04 Å². The summed E-state index contributed by atoms with van der Waals surface area (Å²) in [5, 5.41) is 22.0. The van der Waals surface area contributed by atoms with Crippen LogP contribution in [-0.2, 0) is 14.3 Å². The Bertz CT molecular complexity index is 1080. The lowest BCUT2D eigenvalue weighted by Gasteiger charge is -2.31. The van der Waals surface area contributed by atoms with Gasteiger partial charge in [-0.2, -0.15) is 0 Å². The first-order valence-electron chi connectivity index (χ1n) is 10.6. The normalized spacial score (nSPS) is 20.9. The highest BCUT2D eigenvalue weighted by Crippen LogP contribution is 2.41. The number of hydrogen-bond acceptors (Lipinski definition) is 7. The van der Waals surface area contributed by atoms with Crippen LogP contribution < -0.4 is 4.74 Å². The first kappa shape index (κ1) is 23.1. The molecule has 0 aromatic heterocycles. The van der Waals surface area contributed by atoms with Crippen molar-refractivity contribution in [3.8, 4) is 11.5 Å². The number of ketones is 1. The Hall–Kier alpha value is -3.07. The van der Waals surface area contributed by atoms with Crippen LogP contribution in [0, 0.1) is 0 Å². The number of phenolic OH excluding ortho intramolecular Hbond substituents is 1. The van der Waals surface area contributed by atoms with E-state index in [-0.39, 0.29) is 16.9 Å². The third kappa shape index (κ3) is 4.68. The van der Waals surface area contributed by atoms with Gasteiger partial charge in [0, 0.05) is 37.3 Å². The van der Waals surface area contributed by atoms with Gasteiger partial charge in [-0.25, -0.2) is 0 Å². The molecule has 0 unspecified atom stereocenters. The maximum atomic E-state index is 13.1. The summed E-state index contributed by atoms with van der Waals surface area (Å²) in [6.45, 7) is 3.59. The van der Waals surface area contributed by atoms with Crippen LogP contribution in [-0.4, -0.2) is 78.2 Å². The van der Waals surface area contributed by atoms with Gasteiger partial charge >= 0.3 is 0 Å². The SMILES string of the molecule is COc1ccc(C(O)=C2C(=O)C(=O)N(CCN3CCOCC3)[C@@H]2c2ccc(Cl)cc2)c(O)c1. The maximum absolute atomic E-state index is 13.1. The van der Waals surface area contributed by atoms with Crippen LogP contribution >= 0.6 is 11.6 Å². The molecular weight excluding hydrogens is 448 g/mol. The number of Topliss-reactive ketones (excluding diaryl/α,β-unsaturated/α-hetero) is 1. The highest BCUT2D eigenvalue weighted by atomic mass is 35.5. The van der Waals surface area contributed by atoms with Crippen LogP contribution in [0.3, 0.4) is 0 Å². The summed E-state index contributed by atoms with van der Waals surface area (Å²) >= 11 is 6.05. The minimum Gasteiger partial charge on any atom is -0.507 e. The van der Waals surface area contributed by atoms with E-state index in [1.54, 1.807) is 30.3 Å². The van der Waals surface area contributed by atoms with E-state index < -0.39 is 23.5 Å². The van der Waals surface area contributed by atoms with E-state index in [9.17, 15) is 19.8 Å². The van der Waals surface area contributed by atoms with Crippen molar-refractivity contribution in [3.63, 3.8) is 0 Å². The standard InChI is InChI=1S/C24H25ClN2O6/c1-32-17-6-7-18(19(28)14-17)22(29)20-21(15-2-4-16(25)5-3-15)27(24(31)23(20)30)9-8-26-10-12-33-13-11-26/h2-7,14,21,28-29H,8-13H2,1H3/t21-/m1/s1. The fourth-order valence-corrected chi connectivity index (χ4v) is 4.29. The number of phenols is 1. The van der Waals surface area contributed by atoms with Crippen molar-refractivity contribution in [2.24, 2.45) is 0 Å². The summed E-state index contributed by atoms with van der Waals surface area (Å²) < 4.78 is 10.5. The second kappa shape index (κ2) is 9.82. The van der Waals surface area contributed by atoms with Crippen molar-refractivity contribution >= 4 is 29.1 Å². The highest BCUT2D eigenvalue weighted by Gasteiger charge is 2.46. The number of halogens is 1. The number of amides is 1. The molecule has 2 aromatic carbocycles. The van der Waals surface area contributed by atoms with Gasteiger partial charge in [-0.1, -0.05) is 23.7 Å². The number of benzene rings is 2. The van der Waals surface area contributed by atoms with Gasteiger partial charge in [-0.15, -0.1) is 0 Å². The van der Waals surface area contributed by atoms with E-state index in [1.807, 2.05) is 0 Å². The van der Waals surface area contributed by atoms with Crippen molar-refractivity contribution < 1.29 is 29.3 Å². The Morgan fingerprint density at radius 1 is 1.12 bits per heavy atom. The van der Waals surface area contributed by atoms with Gasteiger partial charge in [-0.05, 0) is 29.8 Å². The van der Waals surface area contributed by atoms with Crippen LogP contribution in [0.1, 0.15) is 17.2 Å². The molecule has 174 valence electrons. The minimum absolute atomic E-state index is 0.0425. The monoisotopic (exact) mass is 472 g/mol. The lowest BCUT2D eigenvalue weighted by molar-refractivity contribution is -0.140. The fraction of sp³-hybridized carbons (Fsp3) is 0.333. The topological polar surface area (TPSA) is 99.5 Å². The molecule has 4 rings (SSSR count). The van der Waals surface area contributed by atoms with Gasteiger partial charge in [0.05, 0.1) is 37.5 Å². The Labute approximate surface area is 196 Å². The highest BCUT2D eigenvalue weighted by molar-refractivity contribution is 6.46. The smallest absolute Gasteiger partial charge is 0.295 e. The molecule has 2 heterocycles. The minimum atomic E-state index is -0.815. The second-order valence-corrected chi connectivity index (χ2v) is 8.32. The predicted molar refractivity (Wildman–Crippen MR) is 122 cm³/mol. The third-order valence-electron chi connectivity index (χ3n) is 5.95. The Morgan fingerprint density at radius 2 is 1.82 bits per heavy atom. The number of likely N-dealkylation sites (tertiary alicyclic amines) is 1. The lowest BCUT2D eigenvalue weighted by atomic mass is 9.95. The van der Waals surface area contributed by atoms with Crippen LogP contribution in [0.4, 0.5) is 0 Å². The molecule has 8 nitrogen and oxygen atoms in total. The van der Waals surface area contributed by atoms with Gasteiger partial charge in [0.25, 0.3) is 11.7 Å². The van der Waals surface area contributed by atoms with Crippen molar-refractivity contribution in [3.05, 3.63) is 64.2 Å². The number of hydrogen-bond donors (Lipinski definition) is 2. The molecule has 2 fully saturated rings. The largest absolute Gasteiger partial charge is 0.507 e. The summed E-state index contributed by atoms with van der Waals surface area (Å²) in [6, 6.07) is 10.3. The maximum Gasteiger partial charge on any atom is 0.295 e. The average Bonchev–Trinajstić information content (AvgIpc) is 3.08. The molecule has 1 amide bonds. The molecule has 2 saturated heterocycles. The van der Waals surface area contributed by atoms with Crippen molar-refractivity contribution in [1.82, 2.24) is 9.80 Å². The molecule has 2 aromatic rings.